The van der Waals surface area contributed by atoms with Gasteiger partial charge in [-0.3, -0.25) is 0 Å². The molecule has 86 valence electrons. The van der Waals surface area contributed by atoms with Crippen LogP contribution >= 0.6 is 0 Å². The van der Waals surface area contributed by atoms with Crippen LogP contribution in [0.1, 0.15) is 46.1 Å². The fraction of sp³-hybridized carbons (Fsp3) is 0.692. The fourth-order valence-corrected chi connectivity index (χ4v) is 1.44. The highest BCUT2D eigenvalue weighted by atomic mass is 15.0. The summed E-state index contributed by atoms with van der Waals surface area (Å²) in [7, 11) is 0. The summed E-state index contributed by atoms with van der Waals surface area (Å²) in [5.74, 6) is 0. The standard InChI is InChI=1S/C13H24N2/c1-5-6-8-15-9-7-12(11-15)10-14-13(2,3)4/h7,9,11,14H,5-6,8,10H2,1-4H3. The van der Waals surface area contributed by atoms with Gasteiger partial charge in [-0.1, -0.05) is 13.3 Å². The van der Waals surface area contributed by atoms with Gasteiger partial charge < -0.3 is 9.88 Å². The highest BCUT2D eigenvalue weighted by molar-refractivity contribution is 5.10. The van der Waals surface area contributed by atoms with Gasteiger partial charge in [0.05, 0.1) is 0 Å². The third-order valence-electron chi connectivity index (χ3n) is 2.40. The van der Waals surface area contributed by atoms with Crippen molar-refractivity contribution in [3.05, 3.63) is 24.0 Å². The Bertz CT molecular complexity index is 281. The molecule has 0 unspecified atom stereocenters. The molecule has 15 heavy (non-hydrogen) atoms. The molecule has 2 nitrogen and oxygen atoms in total. The molecule has 0 aliphatic heterocycles. The first-order valence-corrected chi connectivity index (χ1v) is 5.91. The molecule has 0 atom stereocenters. The van der Waals surface area contributed by atoms with Crippen LogP contribution < -0.4 is 5.32 Å². The van der Waals surface area contributed by atoms with Crippen molar-refractivity contribution in [2.24, 2.45) is 0 Å². The lowest BCUT2D eigenvalue weighted by molar-refractivity contribution is 0.424. The van der Waals surface area contributed by atoms with Gasteiger partial charge in [-0.15, -0.1) is 0 Å². The number of unbranched alkanes of at least 4 members (excludes halogenated alkanes) is 1. The predicted molar refractivity (Wildman–Crippen MR) is 65.9 cm³/mol. The van der Waals surface area contributed by atoms with Crippen LogP contribution in [0.5, 0.6) is 0 Å². The Hall–Kier alpha value is -0.760. The predicted octanol–water partition coefficient (Wildman–Crippen LogP) is 3.18. The van der Waals surface area contributed by atoms with Crippen LogP contribution in [0.25, 0.3) is 0 Å². The van der Waals surface area contributed by atoms with Gasteiger partial charge in [0, 0.05) is 31.0 Å². The third kappa shape index (κ3) is 5.03. The molecule has 0 saturated heterocycles. The summed E-state index contributed by atoms with van der Waals surface area (Å²) >= 11 is 0. The normalized spacial score (nSPS) is 12.0. The van der Waals surface area contributed by atoms with Crippen LogP contribution in [-0.4, -0.2) is 10.1 Å². The number of hydrogen-bond acceptors (Lipinski definition) is 1. The number of hydrogen-bond donors (Lipinski definition) is 1. The summed E-state index contributed by atoms with van der Waals surface area (Å²) in [6, 6.07) is 2.20. The molecule has 2 heteroatoms. The quantitative estimate of drug-likeness (QED) is 0.786. The molecule has 1 aromatic rings. The second-order valence-electron chi connectivity index (χ2n) is 5.21. The van der Waals surface area contributed by atoms with E-state index in [1.54, 1.807) is 0 Å². The van der Waals surface area contributed by atoms with E-state index in [9.17, 15) is 0 Å². The number of nitrogens with zero attached hydrogens (tertiary/aromatic N) is 1. The van der Waals surface area contributed by atoms with E-state index < -0.39 is 0 Å². The van der Waals surface area contributed by atoms with Gasteiger partial charge in [-0.2, -0.15) is 0 Å². The molecule has 1 N–H and O–H groups in total. The minimum Gasteiger partial charge on any atom is -0.354 e. The number of aryl methyl sites for hydroxylation is 1. The molecule has 1 heterocycles. The van der Waals surface area contributed by atoms with Crippen LogP contribution in [0, 0.1) is 0 Å². The van der Waals surface area contributed by atoms with E-state index >= 15 is 0 Å². The van der Waals surface area contributed by atoms with E-state index in [1.807, 2.05) is 0 Å². The van der Waals surface area contributed by atoms with Crippen molar-refractivity contribution in [1.82, 2.24) is 9.88 Å². The average molecular weight is 208 g/mol. The van der Waals surface area contributed by atoms with Gasteiger partial charge in [0.25, 0.3) is 0 Å². The summed E-state index contributed by atoms with van der Waals surface area (Å²) in [4.78, 5) is 0. The Kier molecular flexibility index (Phi) is 4.40. The summed E-state index contributed by atoms with van der Waals surface area (Å²) in [5, 5.41) is 3.49. The van der Waals surface area contributed by atoms with Gasteiger partial charge >= 0.3 is 0 Å². The van der Waals surface area contributed by atoms with E-state index in [0.717, 1.165) is 13.1 Å². The van der Waals surface area contributed by atoms with Crippen LogP contribution in [0.3, 0.4) is 0 Å². The molecule has 0 fully saturated rings. The molecule has 0 saturated carbocycles. The molecule has 1 aromatic heterocycles. The van der Waals surface area contributed by atoms with Crippen molar-refractivity contribution in [2.75, 3.05) is 0 Å². The monoisotopic (exact) mass is 208 g/mol. The number of aromatic nitrogens is 1. The average Bonchev–Trinajstić information content (AvgIpc) is 2.58. The van der Waals surface area contributed by atoms with Crippen molar-refractivity contribution >= 4 is 0 Å². The number of nitrogens with one attached hydrogen (secondary N) is 1. The maximum atomic E-state index is 3.49. The third-order valence-corrected chi connectivity index (χ3v) is 2.40. The van der Waals surface area contributed by atoms with E-state index in [-0.39, 0.29) is 5.54 Å². The smallest absolute Gasteiger partial charge is 0.0225 e. The van der Waals surface area contributed by atoms with E-state index in [0.29, 0.717) is 0 Å². The Morgan fingerprint density at radius 3 is 2.67 bits per heavy atom. The highest BCUT2D eigenvalue weighted by Crippen LogP contribution is 2.06. The van der Waals surface area contributed by atoms with Crippen molar-refractivity contribution in [1.29, 1.82) is 0 Å². The minimum absolute atomic E-state index is 0.200. The van der Waals surface area contributed by atoms with Crippen LogP contribution in [0.15, 0.2) is 18.5 Å². The zero-order valence-corrected chi connectivity index (χ0v) is 10.5. The summed E-state index contributed by atoms with van der Waals surface area (Å²) < 4.78 is 2.28. The van der Waals surface area contributed by atoms with Crippen LogP contribution in [0.4, 0.5) is 0 Å². The number of rotatable bonds is 5. The Morgan fingerprint density at radius 2 is 2.07 bits per heavy atom. The largest absolute Gasteiger partial charge is 0.354 e. The second kappa shape index (κ2) is 5.36. The van der Waals surface area contributed by atoms with Gasteiger partial charge in [0.15, 0.2) is 0 Å². The first kappa shape index (κ1) is 12.3. The second-order valence-corrected chi connectivity index (χ2v) is 5.21. The molecule has 0 radical (unpaired) electrons. The maximum absolute atomic E-state index is 3.49. The van der Waals surface area contributed by atoms with Gasteiger partial charge in [0.1, 0.15) is 0 Å². The van der Waals surface area contributed by atoms with Crippen LogP contribution in [0.2, 0.25) is 0 Å². The summed E-state index contributed by atoms with van der Waals surface area (Å²) in [5.41, 5.74) is 1.58. The lowest BCUT2D eigenvalue weighted by Crippen LogP contribution is -2.34. The summed E-state index contributed by atoms with van der Waals surface area (Å²) in [6.07, 6.45) is 6.94. The molecule has 0 spiro atoms. The molecule has 0 aliphatic rings. The van der Waals surface area contributed by atoms with Crippen molar-refractivity contribution < 1.29 is 0 Å². The zero-order chi connectivity index (χ0) is 11.3. The van der Waals surface area contributed by atoms with Gasteiger partial charge in [-0.25, -0.2) is 0 Å². The fourth-order valence-electron chi connectivity index (χ4n) is 1.44. The lowest BCUT2D eigenvalue weighted by Gasteiger charge is -2.19. The Morgan fingerprint density at radius 1 is 1.33 bits per heavy atom. The topological polar surface area (TPSA) is 17.0 Å². The van der Waals surface area contributed by atoms with E-state index in [1.165, 1.54) is 18.4 Å². The molecule has 1 rings (SSSR count). The Labute approximate surface area is 93.7 Å². The van der Waals surface area contributed by atoms with E-state index in [2.05, 4.69) is 56.0 Å². The summed E-state index contributed by atoms with van der Waals surface area (Å²) in [6.45, 7) is 10.9. The maximum Gasteiger partial charge on any atom is 0.0225 e. The Balaban J connectivity index is 2.39. The molecule has 0 amide bonds. The van der Waals surface area contributed by atoms with Gasteiger partial charge in [0.2, 0.25) is 0 Å². The zero-order valence-electron chi connectivity index (χ0n) is 10.5. The molecule has 0 aliphatic carbocycles. The SMILES string of the molecule is CCCCn1ccc(CNC(C)(C)C)c1. The molecular formula is C13H24N2. The van der Waals surface area contributed by atoms with E-state index in [4.69, 9.17) is 0 Å². The van der Waals surface area contributed by atoms with Crippen LogP contribution in [-0.2, 0) is 13.1 Å². The first-order chi connectivity index (χ1) is 7.01. The first-order valence-electron chi connectivity index (χ1n) is 5.91. The lowest BCUT2D eigenvalue weighted by atomic mass is 10.1. The van der Waals surface area contributed by atoms with Crippen molar-refractivity contribution in [3.8, 4) is 0 Å². The van der Waals surface area contributed by atoms with Crippen molar-refractivity contribution in [2.45, 2.75) is 59.2 Å². The molecule has 0 aromatic carbocycles. The minimum atomic E-state index is 0.200. The highest BCUT2D eigenvalue weighted by Gasteiger charge is 2.08. The van der Waals surface area contributed by atoms with Crippen molar-refractivity contribution in [3.63, 3.8) is 0 Å². The molecule has 0 bridgehead atoms. The molecular weight excluding hydrogens is 184 g/mol. The van der Waals surface area contributed by atoms with Gasteiger partial charge in [-0.05, 0) is 38.8 Å².